The van der Waals surface area contributed by atoms with Crippen molar-refractivity contribution in [2.75, 3.05) is 6.61 Å². The normalized spacial score (nSPS) is 26.2. The molecule has 1 aromatic rings. The first-order valence-electron chi connectivity index (χ1n) is 6.81. The summed E-state index contributed by atoms with van der Waals surface area (Å²) in [5.41, 5.74) is -1.58. The molecule has 4 unspecified atom stereocenters. The van der Waals surface area contributed by atoms with E-state index in [1.165, 1.54) is 0 Å². The van der Waals surface area contributed by atoms with Crippen molar-refractivity contribution >= 4 is 27.9 Å². The molecule has 132 valence electrons. The van der Waals surface area contributed by atoms with Gasteiger partial charge in [-0.05, 0) is 15.9 Å². The summed E-state index contributed by atoms with van der Waals surface area (Å²) in [6, 6.07) is 0. The minimum absolute atomic E-state index is 0.00891. The first kappa shape index (κ1) is 18.3. The Morgan fingerprint density at radius 2 is 2.04 bits per heavy atom. The van der Waals surface area contributed by atoms with Gasteiger partial charge in [-0.2, -0.15) is 0 Å². The molecule has 0 aliphatic carbocycles. The van der Waals surface area contributed by atoms with Gasteiger partial charge in [0.15, 0.2) is 18.5 Å². The lowest BCUT2D eigenvalue weighted by Gasteiger charge is -2.18. The summed E-state index contributed by atoms with van der Waals surface area (Å²) < 4.78 is 30.5. The van der Waals surface area contributed by atoms with E-state index >= 15 is 0 Å². The molecule has 0 radical (unpaired) electrons. The summed E-state index contributed by atoms with van der Waals surface area (Å²) >= 11 is 2.93. The van der Waals surface area contributed by atoms with Gasteiger partial charge in [0.1, 0.15) is 12.7 Å². The van der Waals surface area contributed by atoms with E-state index in [0.29, 0.717) is 0 Å². The summed E-state index contributed by atoms with van der Waals surface area (Å²) in [7, 11) is 0. The number of esters is 2. The maximum atomic E-state index is 14.7. The average Bonchev–Trinajstić information content (AvgIpc) is 2.77. The maximum absolute atomic E-state index is 14.7. The van der Waals surface area contributed by atoms with Crippen molar-refractivity contribution in [3.8, 4) is 0 Å². The van der Waals surface area contributed by atoms with Crippen LogP contribution in [0.2, 0.25) is 0 Å². The zero-order valence-electron chi connectivity index (χ0n) is 12.7. The summed E-state index contributed by atoms with van der Waals surface area (Å²) in [4.78, 5) is 47.3. The Morgan fingerprint density at radius 3 is 2.62 bits per heavy atom. The molecule has 1 aromatic heterocycles. The van der Waals surface area contributed by atoms with Crippen molar-refractivity contribution in [1.82, 2.24) is 9.55 Å². The first-order chi connectivity index (χ1) is 11.2. The number of nitrogens with zero attached hydrogens (tertiary/aromatic N) is 1. The zero-order valence-corrected chi connectivity index (χ0v) is 14.2. The van der Waals surface area contributed by atoms with Crippen molar-refractivity contribution in [2.45, 2.75) is 38.5 Å². The largest absolute Gasteiger partial charge is 0.463 e. The number of aromatic nitrogens is 2. The highest BCUT2D eigenvalue weighted by atomic mass is 79.9. The van der Waals surface area contributed by atoms with Gasteiger partial charge in [-0.25, -0.2) is 9.18 Å². The fourth-order valence-corrected chi connectivity index (χ4v) is 2.55. The van der Waals surface area contributed by atoms with Gasteiger partial charge in [0.05, 0.1) is 4.47 Å². The number of carbonyl (C=O) groups is 2. The number of alkyl halides is 1. The van der Waals surface area contributed by atoms with Crippen LogP contribution in [-0.2, 0) is 23.8 Å². The van der Waals surface area contributed by atoms with E-state index in [2.05, 4.69) is 15.9 Å². The highest BCUT2D eigenvalue weighted by molar-refractivity contribution is 9.10. The SMILES string of the molecule is CC(=O)OCC1OC(n2cc(Br)c(=O)[nH]c2=O)C(F)C1OC(C)=O. The Morgan fingerprint density at radius 1 is 1.38 bits per heavy atom. The second-order valence-electron chi connectivity index (χ2n) is 5.03. The average molecular weight is 409 g/mol. The zero-order chi connectivity index (χ0) is 18.0. The van der Waals surface area contributed by atoms with E-state index in [9.17, 15) is 23.6 Å². The number of rotatable bonds is 4. The molecule has 9 nitrogen and oxygen atoms in total. The molecule has 1 fully saturated rings. The van der Waals surface area contributed by atoms with Crippen LogP contribution in [0.1, 0.15) is 20.1 Å². The van der Waals surface area contributed by atoms with Crippen LogP contribution in [0.3, 0.4) is 0 Å². The summed E-state index contributed by atoms with van der Waals surface area (Å²) in [5, 5.41) is 0. The van der Waals surface area contributed by atoms with Crippen molar-refractivity contribution in [3.63, 3.8) is 0 Å². The minimum atomic E-state index is -1.91. The molecule has 0 amide bonds. The van der Waals surface area contributed by atoms with Crippen LogP contribution >= 0.6 is 15.9 Å². The van der Waals surface area contributed by atoms with Gasteiger partial charge < -0.3 is 14.2 Å². The van der Waals surface area contributed by atoms with Gasteiger partial charge in [-0.15, -0.1) is 0 Å². The Labute approximate surface area is 142 Å². The van der Waals surface area contributed by atoms with E-state index in [-0.39, 0.29) is 11.1 Å². The smallest absolute Gasteiger partial charge is 0.330 e. The van der Waals surface area contributed by atoms with Crippen molar-refractivity contribution < 1.29 is 28.2 Å². The lowest BCUT2D eigenvalue weighted by molar-refractivity contribution is -0.156. The minimum Gasteiger partial charge on any atom is -0.463 e. The van der Waals surface area contributed by atoms with E-state index in [4.69, 9.17) is 14.2 Å². The number of carbonyl (C=O) groups excluding carboxylic acids is 2. The number of nitrogens with one attached hydrogen (secondary N) is 1. The van der Waals surface area contributed by atoms with Gasteiger partial charge >= 0.3 is 17.6 Å². The van der Waals surface area contributed by atoms with Crippen LogP contribution in [0.25, 0.3) is 0 Å². The molecule has 1 aliphatic rings. The molecule has 1 N–H and O–H groups in total. The van der Waals surface area contributed by atoms with Crippen LogP contribution in [0.4, 0.5) is 4.39 Å². The molecule has 2 heterocycles. The Kier molecular flexibility index (Phi) is 5.54. The third-order valence-electron chi connectivity index (χ3n) is 3.22. The summed E-state index contributed by atoms with van der Waals surface area (Å²) in [5.74, 6) is -1.38. The molecule has 0 spiro atoms. The van der Waals surface area contributed by atoms with Crippen LogP contribution in [0.5, 0.6) is 0 Å². The lowest BCUT2D eigenvalue weighted by atomic mass is 10.1. The van der Waals surface area contributed by atoms with Gasteiger partial charge in [0.2, 0.25) is 0 Å². The van der Waals surface area contributed by atoms with Crippen LogP contribution in [0, 0.1) is 0 Å². The Bertz CT molecular complexity index is 761. The topological polar surface area (TPSA) is 117 Å². The molecule has 0 saturated carbocycles. The predicted molar refractivity (Wildman–Crippen MR) is 80.0 cm³/mol. The van der Waals surface area contributed by atoms with Gasteiger partial charge in [-0.3, -0.25) is 23.9 Å². The maximum Gasteiger partial charge on any atom is 0.330 e. The van der Waals surface area contributed by atoms with Crippen LogP contribution in [0.15, 0.2) is 20.3 Å². The molecule has 1 aliphatic heterocycles. The fraction of sp³-hybridized carbons (Fsp3) is 0.538. The van der Waals surface area contributed by atoms with Crippen LogP contribution in [-0.4, -0.2) is 46.5 Å². The van der Waals surface area contributed by atoms with E-state index in [1.54, 1.807) is 0 Å². The number of aromatic amines is 1. The molecular weight excluding hydrogens is 395 g/mol. The molecule has 1 saturated heterocycles. The predicted octanol–water partition coefficient (Wildman–Crippen LogP) is 0.0294. The summed E-state index contributed by atoms with van der Waals surface area (Å²) in [6.45, 7) is 1.89. The highest BCUT2D eigenvalue weighted by Crippen LogP contribution is 2.33. The van der Waals surface area contributed by atoms with E-state index in [0.717, 1.165) is 24.6 Å². The monoisotopic (exact) mass is 408 g/mol. The Balaban J connectivity index is 2.33. The molecule has 2 rings (SSSR count). The summed E-state index contributed by atoms with van der Waals surface area (Å²) in [6.07, 6.45) is -4.78. The number of halogens is 2. The van der Waals surface area contributed by atoms with Crippen molar-refractivity contribution in [3.05, 3.63) is 31.5 Å². The van der Waals surface area contributed by atoms with Crippen molar-refractivity contribution in [1.29, 1.82) is 0 Å². The molecule has 0 aromatic carbocycles. The molecular formula is C13H14BrFN2O7. The number of hydrogen-bond donors (Lipinski definition) is 1. The van der Waals surface area contributed by atoms with Gasteiger partial charge in [-0.1, -0.05) is 0 Å². The second kappa shape index (κ2) is 7.26. The van der Waals surface area contributed by atoms with Gasteiger partial charge in [0.25, 0.3) is 5.56 Å². The molecule has 4 atom stereocenters. The first-order valence-corrected chi connectivity index (χ1v) is 7.61. The number of ether oxygens (including phenoxy) is 3. The van der Waals surface area contributed by atoms with Crippen molar-refractivity contribution in [2.24, 2.45) is 0 Å². The lowest BCUT2D eigenvalue weighted by Crippen LogP contribution is -2.38. The third kappa shape index (κ3) is 3.90. The second-order valence-corrected chi connectivity index (χ2v) is 5.88. The molecule has 11 heteroatoms. The standard InChI is InChI=1S/C13H14BrFN2O7/c1-5(18)22-4-8-10(23-6(2)19)9(15)12(24-8)17-3-7(14)11(20)16-13(17)21/h3,8-10,12H,4H2,1-2H3,(H,16,20,21). The number of H-pyrrole nitrogens is 1. The highest BCUT2D eigenvalue weighted by Gasteiger charge is 2.49. The quantitative estimate of drug-likeness (QED) is 0.698. The number of hydrogen-bond acceptors (Lipinski definition) is 7. The van der Waals surface area contributed by atoms with Crippen LogP contribution < -0.4 is 11.2 Å². The third-order valence-corrected chi connectivity index (χ3v) is 3.78. The van der Waals surface area contributed by atoms with E-state index < -0.39 is 47.8 Å². The molecule has 24 heavy (non-hydrogen) atoms. The van der Waals surface area contributed by atoms with E-state index in [1.807, 2.05) is 4.98 Å². The fourth-order valence-electron chi connectivity index (χ4n) is 2.23. The molecule has 0 bridgehead atoms. The van der Waals surface area contributed by atoms with Gasteiger partial charge in [0, 0.05) is 20.0 Å². The Hall–Kier alpha value is -2.01.